The second-order valence-corrected chi connectivity index (χ2v) is 6.12. The summed E-state index contributed by atoms with van der Waals surface area (Å²) in [6, 6.07) is 3.01. The third-order valence-corrected chi connectivity index (χ3v) is 4.35. The minimum absolute atomic E-state index is 0.00636. The molecular weight excluding hydrogens is 256 g/mol. The van der Waals surface area contributed by atoms with Crippen LogP contribution in [0.2, 0.25) is 0 Å². The summed E-state index contributed by atoms with van der Waals surface area (Å²) >= 11 is 0. The Balaban J connectivity index is 2.01. The number of rotatable bonds is 4. The van der Waals surface area contributed by atoms with Gasteiger partial charge in [0.1, 0.15) is 4.90 Å². The lowest BCUT2D eigenvalue weighted by Crippen LogP contribution is -2.46. The Labute approximate surface area is 106 Å². The molecule has 1 aliphatic rings. The van der Waals surface area contributed by atoms with E-state index in [0.717, 1.165) is 0 Å². The molecule has 0 spiro atoms. The molecular formula is C11H16N2O4S. The molecule has 1 fully saturated rings. The van der Waals surface area contributed by atoms with Crippen LogP contribution < -0.4 is 4.72 Å². The van der Waals surface area contributed by atoms with Gasteiger partial charge < -0.3 is 9.84 Å². The zero-order chi connectivity index (χ0) is 13.1. The third kappa shape index (κ3) is 3.26. The highest BCUT2D eigenvalue weighted by atomic mass is 32.2. The van der Waals surface area contributed by atoms with Crippen LogP contribution in [-0.4, -0.2) is 43.9 Å². The van der Waals surface area contributed by atoms with Crippen LogP contribution in [0.15, 0.2) is 29.4 Å². The van der Waals surface area contributed by atoms with Crippen molar-refractivity contribution in [2.45, 2.75) is 23.3 Å². The second-order valence-electron chi connectivity index (χ2n) is 4.35. The Morgan fingerprint density at radius 3 is 2.78 bits per heavy atom. The Morgan fingerprint density at radius 2 is 2.17 bits per heavy atom. The van der Waals surface area contributed by atoms with E-state index in [0.29, 0.717) is 26.1 Å². The van der Waals surface area contributed by atoms with Crippen LogP contribution in [0.4, 0.5) is 0 Å². The average Bonchev–Trinajstić information content (AvgIpc) is 2.39. The molecule has 100 valence electrons. The van der Waals surface area contributed by atoms with Crippen molar-refractivity contribution in [1.29, 1.82) is 0 Å². The highest BCUT2D eigenvalue weighted by Gasteiger charge is 2.31. The Hall–Kier alpha value is -1.02. The number of hydrogen-bond donors (Lipinski definition) is 2. The highest BCUT2D eigenvalue weighted by molar-refractivity contribution is 7.89. The molecule has 1 aromatic rings. The lowest BCUT2D eigenvalue weighted by Gasteiger charge is -2.31. The van der Waals surface area contributed by atoms with Crippen molar-refractivity contribution < 1.29 is 18.3 Å². The number of nitrogens with zero attached hydrogens (tertiary/aromatic N) is 1. The fraction of sp³-hybridized carbons (Fsp3) is 0.545. The zero-order valence-electron chi connectivity index (χ0n) is 9.87. The van der Waals surface area contributed by atoms with E-state index < -0.39 is 15.6 Å². The van der Waals surface area contributed by atoms with Gasteiger partial charge in [0.05, 0.1) is 5.60 Å². The van der Waals surface area contributed by atoms with Crippen LogP contribution in [0, 0.1) is 0 Å². The van der Waals surface area contributed by atoms with Gasteiger partial charge in [-0.2, -0.15) is 0 Å². The van der Waals surface area contributed by atoms with Crippen molar-refractivity contribution in [2.75, 3.05) is 19.8 Å². The Kier molecular flexibility index (Phi) is 3.96. The van der Waals surface area contributed by atoms with Gasteiger partial charge in [-0.3, -0.25) is 4.98 Å². The smallest absolute Gasteiger partial charge is 0.242 e. The molecule has 0 radical (unpaired) electrons. The molecule has 2 heterocycles. The molecule has 1 aliphatic heterocycles. The number of ether oxygens (including phenoxy) is 1. The minimum atomic E-state index is -3.61. The molecule has 0 atom stereocenters. The predicted octanol–water partition coefficient (Wildman–Crippen LogP) is -0.0986. The molecule has 7 heteroatoms. The topological polar surface area (TPSA) is 88.5 Å². The number of sulfonamides is 1. The Bertz CT molecular complexity index is 483. The maximum Gasteiger partial charge on any atom is 0.242 e. The number of hydrogen-bond acceptors (Lipinski definition) is 5. The first kappa shape index (κ1) is 13.4. The van der Waals surface area contributed by atoms with E-state index in [1.165, 1.54) is 18.5 Å². The number of nitrogens with one attached hydrogen (secondary N) is 1. The molecule has 2 rings (SSSR count). The van der Waals surface area contributed by atoms with Crippen LogP contribution in [0.5, 0.6) is 0 Å². The fourth-order valence-electron chi connectivity index (χ4n) is 1.75. The van der Waals surface area contributed by atoms with Crippen molar-refractivity contribution >= 4 is 10.0 Å². The van der Waals surface area contributed by atoms with E-state index in [1.54, 1.807) is 6.07 Å². The molecule has 0 amide bonds. The van der Waals surface area contributed by atoms with Gasteiger partial charge in [0.2, 0.25) is 10.0 Å². The van der Waals surface area contributed by atoms with E-state index in [2.05, 4.69) is 9.71 Å². The summed E-state index contributed by atoms with van der Waals surface area (Å²) in [5.74, 6) is 0. The van der Waals surface area contributed by atoms with Gasteiger partial charge >= 0.3 is 0 Å². The van der Waals surface area contributed by atoms with E-state index in [-0.39, 0.29) is 11.4 Å². The van der Waals surface area contributed by atoms with Crippen LogP contribution in [0.25, 0.3) is 0 Å². The lowest BCUT2D eigenvalue weighted by atomic mass is 9.95. The predicted molar refractivity (Wildman–Crippen MR) is 64.4 cm³/mol. The largest absolute Gasteiger partial charge is 0.388 e. The number of aromatic nitrogens is 1. The van der Waals surface area contributed by atoms with Gasteiger partial charge in [0.15, 0.2) is 0 Å². The van der Waals surface area contributed by atoms with Crippen molar-refractivity contribution in [3.63, 3.8) is 0 Å². The Morgan fingerprint density at radius 1 is 1.44 bits per heavy atom. The highest BCUT2D eigenvalue weighted by Crippen LogP contribution is 2.20. The summed E-state index contributed by atoms with van der Waals surface area (Å²) in [6.07, 6.45) is 3.65. The summed E-state index contributed by atoms with van der Waals surface area (Å²) in [5.41, 5.74) is -1.02. The van der Waals surface area contributed by atoms with Crippen molar-refractivity contribution in [3.8, 4) is 0 Å². The van der Waals surface area contributed by atoms with Gasteiger partial charge in [-0.05, 0) is 12.1 Å². The van der Waals surface area contributed by atoms with Gasteiger partial charge in [-0.1, -0.05) is 0 Å². The van der Waals surface area contributed by atoms with Crippen molar-refractivity contribution in [2.24, 2.45) is 0 Å². The monoisotopic (exact) mass is 272 g/mol. The molecule has 18 heavy (non-hydrogen) atoms. The molecule has 1 aromatic heterocycles. The van der Waals surface area contributed by atoms with Gasteiger partial charge in [0, 0.05) is 45.0 Å². The minimum Gasteiger partial charge on any atom is -0.388 e. The van der Waals surface area contributed by atoms with E-state index in [9.17, 15) is 13.5 Å². The lowest BCUT2D eigenvalue weighted by molar-refractivity contribution is -0.0588. The molecule has 6 nitrogen and oxygen atoms in total. The van der Waals surface area contributed by atoms with Crippen molar-refractivity contribution in [1.82, 2.24) is 9.71 Å². The average molecular weight is 272 g/mol. The molecule has 0 aliphatic carbocycles. The molecule has 2 N–H and O–H groups in total. The quantitative estimate of drug-likeness (QED) is 0.799. The summed E-state index contributed by atoms with van der Waals surface area (Å²) in [7, 11) is -3.61. The second kappa shape index (κ2) is 5.31. The standard InChI is InChI=1S/C11H16N2O4S/c14-11(3-6-17-7-4-11)9-13-18(15,16)10-2-1-5-12-8-10/h1-2,5,8,13-14H,3-4,6-7,9H2. The molecule has 0 unspecified atom stereocenters. The maximum absolute atomic E-state index is 11.9. The number of pyridine rings is 1. The van der Waals surface area contributed by atoms with Crippen molar-refractivity contribution in [3.05, 3.63) is 24.5 Å². The van der Waals surface area contributed by atoms with Gasteiger partial charge in [0.25, 0.3) is 0 Å². The van der Waals surface area contributed by atoms with E-state index >= 15 is 0 Å². The first-order chi connectivity index (χ1) is 8.52. The van der Waals surface area contributed by atoms with E-state index in [1.807, 2.05) is 0 Å². The number of aliphatic hydroxyl groups is 1. The van der Waals surface area contributed by atoms with Crippen LogP contribution >= 0.6 is 0 Å². The van der Waals surface area contributed by atoms with E-state index in [4.69, 9.17) is 4.74 Å². The van der Waals surface area contributed by atoms with Gasteiger partial charge in [-0.25, -0.2) is 13.1 Å². The van der Waals surface area contributed by atoms with Crippen LogP contribution in [0.1, 0.15) is 12.8 Å². The molecule has 1 saturated heterocycles. The summed E-state index contributed by atoms with van der Waals surface area (Å²) in [5, 5.41) is 10.2. The van der Waals surface area contributed by atoms with Crippen LogP contribution in [0.3, 0.4) is 0 Å². The third-order valence-electron chi connectivity index (χ3n) is 2.96. The fourth-order valence-corrected chi connectivity index (χ4v) is 2.83. The zero-order valence-corrected chi connectivity index (χ0v) is 10.7. The summed E-state index contributed by atoms with van der Waals surface area (Å²) in [4.78, 5) is 3.86. The first-order valence-electron chi connectivity index (χ1n) is 5.72. The maximum atomic E-state index is 11.9. The van der Waals surface area contributed by atoms with Gasteiger partial charge in [-0.15, -0.1) is 0 Å². The summed E-state index contributed by atoms with van der Waals surface area (Å²) in [6.45, 7) is 0.893. The summed E-state index contributed by atoms with van der Waals surface area (Å²) < 4.78 is 31.4. The molecule has 0 saturated carbocycles. The first-order valence-corrected chi connectivity index (χ1v) is 7.20. The molecule has 0 aromatic carbocycles. The normalized spacial score (nSPS) is 19.6. The van der Waals surface area contributed by atoms with Crippen LogP contribution in [-0.2, 0) is 14.8 Å². The molecule has 0 bridgehead atoms. The SMILES string of the molecule is O=S(=O)(NCC1(O)CCOCC1)c1cccnc1.